The number of anilines is 1. The van der Waals surface area contributed by atoms with E-state index in [1.54, 1.807) is 12.1 Å². The molecule has 1 saturated heterocycles. The van der Waals surface area contributed by atoms with E-state index in [1.165, 1.54) is 10.4 Å². The van der Waals surface area contributed by atoms with Gasteiger partial charge < -0.3 is 15.5 Å². The lowest BCUT2D eigenvalue weighted by molar-refractivity contribution is -0.126. The first kappa shape index (κ1) is 19.8. The number of carbonyl (C=O) groups excluding carboxylic acids is 2. The molecule has 0 spiro atoms. The van der Waals surface area contributed by atoms with Crippen molar-refractivity contribution in [3.63, 3.8) is 0 Å². The van der Waals surface area contributed by atoms with Crippen molar-refractivity contribution in [2.75, 3.05) is 45.6 Å². The molecule has 2 heterocycles. The molecule has 0 unspecified atom stereocenters. The summed E-state index contributed by atoms with van der Waals surface area (Å²) >= 11 is 0. The maximum absolute atomic E-state index is 12.9. The summed E-state index contributed by atoms with van der Waals surface area (Å²) in [4.78, 5) is 25.9. The van der Waals surface area contributed by atoms with E-state index < -0.39 is 10.0 Å². The lowest BCUT2D eigenvalue weighted by atomic mass is 9.97. The Morgan fingerprint density at radius 3 is 2.67 bits per heavy atom. The van der Waals surface area contributed by atoms with Crippen LogP contribution in [0.15, 0.2) is 23.1 Å². The number of carbonyl (C=O) groups is 2. The van der Waals surface area contributed by atoms with E-state index in [0.717, 1.165) is 6.54 Å². The second-order valence-corrected chi connectivity index (χ2v) is 9.25. The molecule has 0 aliphatic carbocycles. The van der Waals surface area contributed by atoms with Crippen molar-refractivity contribution >= 4 is 27.5 Å². The lowest BCUT2D eigenvalue weighted by Crippen LogP contribution is -2.43. The molecule has 2 amide bonds. The molecule has 27 heavy (non-hydrogen) atoms. The van der Waals surface area contributed by atoms with E-state index in [1.807, 2.05) is 19.0 Å². The highest BCUT2D eigenvalue weighted by atomic mass is 32.2. The van der Waals surface area contributed by atoms with Crippen LogP contribution in [-0.4, -0.2) is 69.7 Å². The van der Waals surface area contributed by atoms with Crippen LogP contribution in [0.4, 0.5) is 5.69 Å². The van der Waals surface area contributed by atoms with Gasteiger partial charge in [-0.05, 0) is 50.7 Å². The molecular weight excluding hydrogens is 368 g/mol. The highest BCUT2D eigenvalue weighted by Crippen LogP contribution is 2.29. The van der Waals surface area contributed by atoms with Gasteiger partial charge in [-0.2, -0.15) is 4.31 Å². The molecule has 0 saturated carbocycles. The highest BCUT2D eigenvalue weighted by Gasteiger charge is 2.32. The molecule has 9 heteroatoms. The third-order valence-corrected chi connectivity index (χ3v) is 6.92. The van der Waals surface area contributed by atoms with E-state index in [-0.39, 0.29) is 29.0 Å². The van der Waals surface area contributed by atoms with Crippen molar-refractivity contribution in [3.05, 3.63) is 23.8 Å². The molecule has 148 valence electrons. The van der Waals surface area contributed by atoms with Gasteiger partial charge in [-0.25, -0.2) is 8.42 Å². The smallest absolute Gasteiger partial charge is 0.243 e. The summed E-state index contributed by atoms with van der Waals surface area (Å²) in [6, 6.07) is 4.74. The summed E-state index contributed by atoms with van der Waals surface area (Å²) in [5.41, 5.74) is 1.38. The summed E-state index contributed by atoms with van der Waals surface area (Å²) in [6.07, 6.45) is 1.23. The van der Waals surface area contributed by atoms with Crippen molar-refractivity contribution in [1.82, 2.24) is 14.5 Å². The first-order valence-electron chi connectivity index (χ1n) is 9.13. The average molecular weight is 394 g/mol. The normalized spacial score (nSPS) is 18.4. The molecule has 0 bridgehead atoms. The summed E-state index contributed by atoms with van der Waals surface area (Å²) in [6.45, 7) is 2.01. The number of sulfonamides is 1. The van der Waals surface area contributed by atoms with Crippen LogP contribution in [-0.2, 0) is 26.0 Å². The Morgan fingerprint density at radius 1 is 1.30 bits per heavy atom. The SMILES string of the molecule is CN(C)CCNC(=O)C1CCN(S(=O)(=O)c2ccc3c(c2)CC(=O)N3)CC1. The van der Waals surface area contributed by atoms with Gasteiger partial charge in [-0.15, -0.1) is 0 Å². The van der Waals surface area contributed by atoms with Crippen LogP contribution in [0.25, 0.3) is 0 Å². The molecule has 2 aliphatic rings. The number of amides is 2. The van der Waals surface area contributed by atoms with Gasteiger partial charge in [0.2, 0.25) is 21.8 Å². The molecule has 1 aromatic carbocycles. The van der Waals surface area contributed by atoms with Gasteiger partial charge in [0, 0.05) is 37.8 Å². The maximum Gasteiger partial charge on any atom is 0.243 e. The fraction of sp³-hybridized carbons (Fsp3) is 0.556. The fourth-order valence-electron chi connectivity index (χ4n) is 3.42. The number of likely N-dealkylation sites (N-methyl/N-ethyl adjacent to an activating group) is 1. The number of hydrogen-bond donors (Lipinski definition) is 2. The molecule has 0 aromatic heterocycles. The lowest BCUT2D eigenvalue weighted by Gasteiger charge is -2.30. The molecule has 2 N–H and O–H groups in total. The number of nitrogens with zero attached hydrogens (tertiary/aromatic N) is 2. The van der Waals surface area contributed by atoms with Gasteiger partial charge in [-0.3, -0.25) is 9.59 Å². The summed E-state index contributed by atoms with van der Waals surface area (Å²) in [5.74, 6) is -0.280. The number of benzene rings is 1. The van der Waals surface area contributed by atoms with Crippen molar-refractivity contribution in [2.24, 2.45) is 5.92 Å². The van der Waals surface area contributed by atoms with E-state index in [9.17, 15) is 18.0 Å². The van der Waals surface area contributed by atoms with E-state index in [4.69, 9.17) is 0 Å². The number of piperidine rings is 1. The van der Waals surface area contributed by atoms with Crippen molar-refractivity contribution in [2.45, 2.75) is 24.2 Å². The van der Waals surface area contributed by atoms with Gasteiger partial charge in [0.25, 0.3) is 0 Å². The molecule has 1 fully saturated rings. The van der Waals surface area contributed by atoms with Crippen LogP contribution < -0.4 is 10.6 Å². The Kier molecular flexibility index (Phi) is 5.83. The Labute approximate surface area is 160 Å². The molecule has 1 aromatic rings. The highest BCUT2D eigenvalue weighted by molar-refractivity contribution is 7.89. The third kappa shape index (κ3) is 4.48. The van der Waals surface area contributed by atoms with Crippen LogP contribution in [0.3, 0.4) is 0 Å². The second-order valence-electron chi connectivity index (χ2n) is 7.32. The standard InChI is InChI=1S/C18H26N4O4S/c1-21(2)10-7-19-18(24)13-5-8-22(9-6-13)27(25,26)15-3-4-16-14(11-15)12-17(23)20-16/h3-4,11,13H,5-10,12H2,1-2H3,(H,19,24)(H,20,23). The Hall–Kier alpha value is -1.97. The van der Waals surface area contributed by atoms with Crippen molar-refractivity contribution < 1.29 is 18.0 Å². The van der Waals surface area contributed by atoms with Crippen LogP contribution in [0.2, 0.25) is 0 Å². The van der Waals surface area contributed by atoms with Crippen LogP contribution in [0.1, 0.15) is 18.4 Å². The first-order valence-corrected chi connectivity index (χ1v) is 10.6. The van der Waals surface area contributed by atoms with Gasteiger partial charge in [-0.1, -0.05) is 0 Å². The minimum absolute atomic E-state index is 0.00369. The Morgan fingerprint density at radius 2 is 2.00 bits per heavy atom. The van der Waals surface area contributed by atoms with Gasteiger partial charge >= 0.3 is 0 Å². The predicted octanol–water partition coefficient (Wildman–Crippen LogP) is 0.260. The summed E-state index contributed by atoms with van der Waals surface area (Å²) < 4.78 is 27.2. The van der Waals surface area contributed by atoms with Crippen molar-refractivity contribution in [1.29, 1.82) is 0 Å². The van der Waals surface area contributed by atoms with Crippen LogP contribution in [0, 0.1) is 5.92 Å². The number of nitrogens with one attached hydrogen (secondary N) is 2. The first-order chi connectivity index (χ1) is 12.8. The topological polar surface area (TPSA) is 98.8 Å². The maximum atomic E-state index is 12.9. The van der Waals surface area contributed by atoms with Crippen LogP contribution in [0.5, 0.6) is 0 Å². The number of rotatable bonds is 6. The van der Waals surface area contributed by atoms with E-state index in [0.29, 0.717) is 43.7 Å². The summed E-state index contributed by atoms with van der Waals surface area (Å²) in [5, 5.41) is 5.62. The minimum atomic E-state index is -3.62. The minimum Gasteiger partial charge on any atom is -0.355 e. The Bertz CT molecular complexity index is 830. The predicted molar refractivity (Wildman–Crippen MR) is 102 cm³/mol. The van der Waals surface area contributed by atoms with Crippen LogP contribution >= 0.6 is 0 Å². The zero-order valence-electron chi connectivity index (χ0n) is 15.7. The quantitative estimate of drug-likeness (QED) is 0.721. The van der Waals surface area contributed by atoms with Gasteiger partial charge in [0.1, 0.15) is 0 Å². The number of hydrogen-bond acceptors (Lipinski definition) is 5. The largest absolute Gasteiger partial charge is 0.355 e. The third-order valence-electron chi connectivity index (χ3n) is 5.02. The second kappa shape index (κ2) is 7.95. The fourth-order valence-corrected chi connectivity index (χ4v) is 4.94. The Balaban J connectivity index is 1.59. The van der Waals surface area contributed by atoms with E-state index >= 15 is 0 Å². The monoisotopic (exact) mass is 394 g/mol. The molecule has 0 atom stereocenters. The molecular formula is C18H26N4O4S. The van der Waals surface area contributed by atoms with Crippen molar-refractivity contribution in [3.8, 4) is 0 Å². The van der Waals surface area contributed by atoms with E-state index in [2.05, 4.69) is 10.6 Å². The summed E-state index contributed by atoms with van der Waals surface area (Å²) in [7, 11) is 0.267. The molecule has 2 aliphatic heterocycles. The molecule has 3 rings (SSSR count). The average Bonchev–Trinajstić information content (AvgIpc) is 3.00. The zero-order valence-corrected chi connectivity index (χ0v) is 16.5. The van der Waals surface area contributed by atoms with Gasteiger partial charge in [0.05, 0.1) is 11.3 Å². The number of fused-ring (bicyclic) bond motifs is 1. The molecule has 8 nitrogen and oxygen atoms in total. The zero-order chi connectivity index (χ0) is 19.6. The molecule has 0 radical (unpaired) electrons. The van der Waals surface area contributed by atoms with Gasteiger partial charge in [0.15, 0.2) is 0 Å².